The minimum absolute atomic E-state index is 0.173. The Morgan fingerprint density at radius 3 is 2.50 bits per heavy atom. The van der Waals surface area contributed by atoms with Crippen LogP contribution in [0.4, 0.5) is 11.6 Å². The van der Waals surface area contributed by atoms with Gasteiger partial charge in [-0.25, -0.2) is 18.1 Å². The fourth-order valence-electron chi connectivity index (χ4n) is 3.26. The average molecular weight is 402 g/mol. The highest BCUT2D eigenvalue weighted by atomic mass is 32.2. The van der Waals surface area contributed by atoms with E-state index in [-0.39, 0.29) is 16.8 Å². The summed E-state index contributed by atoms with van der Waals surface area (Å²) in [6.45, 7) is 1.17. The molecule has 1 fully saturated rings. The Balaban J connectivity index is 1.45. The Morgan fingerprint density at radius 2 is 1.82 bits per heavy atom. The molecule has 2 aromatic heterocycles. The number of anilines is 1. The van der Waals surface area contributed by atoms with Crippen molar-refractivity contribution in [3.63, 3.8) is 0 Å². The Labute approximate surface area is 161 Å². The molecule has 4 rings (SSSR count). The minimum atomic E-state index is -3.55. The first kappa shape index (κ1) is 18.3. The molecule has 3 heterocycles. The quantitative estimate of drug-likeness (QED) is 0.508. The van der Waals surface area contributed by atoms with Crippen molar-refractivity contribution in [3.8, 4) is 0 Å². The fourth-order valence-corrected chi connectivity index (χ4v) is 4.58. The first-order chi connectivity index (χ1) is 13.4. The van der Waals surface area contributed by atoms with Crippen molar-refractivity contribution in [2.24, 2.45) is 0 Å². The van der Waals surface area contributed by atoms with E-state index in [2.05, 4.69) is 14.8 Å². The van der Waals surface area contributed by atoms with Crippen molar-refractivity contribution in [2.75, 3.05) is 18.0 Å². The van der Waals surface area contributed by atoms with Gasteiger partial charge in [0.05, 0.1) is 4.90 Å². The third-order valence-electron chi connectivity index (χ3n) is 4.71. The lowest BCUT2D eigenvalue weighted by molar-refractivity contribution is -0.391. The number of rotatable bonds is 5. The zero-order valence-electron chi connectivity index (χ0n) is 14.8. The molecular weight excluding hydrogens is 384 g/mol. The molecule has 0 radical (unpaired) electrons. The van der Waals surface area contributed by atoms with E-state index in [0.29, 0.717) is 37.4 Å². The number of nitrogens with zero attached hydrogens (tertiary/aromatic N) is 5. The molecular formula is C17H18N6O4S. The van der Waals surface area contributed by atoms with Gasteiger partial charge < -0.3 is 15.0 Å². The van der Waals surface area contributed by atoms with E-state index < -0.39 is 14.9 Å². The highest BCUT2D eigenvalue weighted by Gasteiger charge is 2.26. The van der Waals surface area contributed by atoms with Crippen molar-refractivity contribution in [1.29, 1.82) is 0 Å². The summed E-state index contributed by atoms with van der Waals surface area (Å²) in [5.74, 6) is 0.403. The Bertz CT molecular complexity index is 1110. The molecule has 1 aromatic carbocycles. The number of fused-ring (bicyclic) bond motifs is 1. The monoisotopic (exact) mass is 402 g/mol. The molecule has 3 aromatic rings. The van der Waals surface area contributed by atoms with Gasteiger partial charge in [-0.3, -0.25) is 0 Å². The molecule has 11 heteroatoms. The highest BCUT2D eigenvalue weighted by molar-refractivity contribution is 7.89. The molecule has 0 unspecified atom stereocenters. The van der Waals surface area contributed by atoms with Gasteiger partial charge in [-0.05, 0) is 36.0 Å². The molecule has 1 aliphatic heterocycles. The number of sulfonamides is 1. The van der Waals surface area contributed by atoms with Crippen molar-refractivity contribution in [1.82, 2.24) is 19.3 Å². The third-order valence-corrected chi connectivity index (χ3v) is 6.25. The number of hydrogen-bond donors (Lipinski definition) is 1. The summed E-state index contributed by atoms with van der Waals surface area (Å²) in [6.07, 6.45) is 2.40. The van der Waals surface area contributed by atoms with Crippen molar-refractivity contribution >= 4 is 27.3 Å². The number of piperidine rings is 1. The standard InChI is InChI=1S/C17H18N6O4S/c24-23(25)17-12-18-15-6-7-16(19-22(15)17)21-10-8-13(9-11-21)20-28(26,27)14-4-2-1-3-5-14/h1-7,12-13,20H,8-11H2. The van der Waals surface area contributed by atoms with Crippen LogP contribution >= 0.6 is 0 Å². The van der Waals surface area contributed by atoms with E-state index in [1.807, 2.05) is 4.90 Å². The summed E-state index contributed by atoms with van der Waals surface area (Å²) < 4.78 is 28.9. The zero-order chi connectivity index (χ0) is 19.7. The molecule has 146 valence electrons. The predicted octanol–water partition coefficient (Wildman–Crippen LogP) is 1.58. The predicted molar refractivity (Wildman–Crippen MR) is 102 cm³/mol. The topological polar surface area (TPSA) is 123 Å². The van der Waals surface area contributed by atoms with Crippen LogP contribution in [0.5, 0.6) is 0 Å². The van der Waals surface area contributed by atoms with Crippen LogP contribution < -0.4 is 9.62 Å². The first-order valence-corrected chi connectivity index (χ1v) is 10.2. The summed E-state index contributed by atoms with van der Waals surface area (Å²) in [6, 6.07) is 11.5. The third kappa shape index (κ3) is 3.53. The number of nitro groups is 1. The molecule has 0 bridgehead atoms. The lowest BCUT2D eigenvalue weighted by Gasteiger charge is -2.32. The van der Waals surface area contributed by atoms with Crippen LogP contribution in [0.2, 0.25) is 0 Å². The van der Waals surface area contributed by atoms with Gasteiger partial charge in [-0.1, -0.05) is 27.8 Å². The van der Waals surface area contributed by atoms with Gasteiger partial charge in [-0.2, -0.15) is 0 Å². The highest BCUT2D eigenvalue weighted by Crippen LogP contribution is 2.21. The normalized spacial score (nSPS) is 15.8. The number of hydrogen-bond acceptors (Lipinski definition) is 7. The molecule has 1 N–H and O–H groups in total. The van der Waals surface area contributed by atoms with Crippen LogP contribution in [0.3, 0.4) is 0 Å². The fraction of sp³-hybridized carbons (Fsp3) is 0.294. The molecule has 1 aliphatic rings. The van der Waals surface area contributed by atoms with E-state index in [1.54, 1.807) is 42.5 Å². The smallest absolute Gasteiger partial charge is 0.358 e. The molecule has 1 saturated heterocycles. The number of benzene rings is 1. The molecule has 0 saturated carbocycles. The van der Waals surface area contributed by atoms with Gasteiger partial charge in [0.1, 0.15) is 6.20 Å². The second-order valence-corrected chi connectivity index (χ2v) is 8.24. The van der Waals surface area contributed by atoms with E-state index >= 15 is 0 Å². The number of nitrogens with one attached hydrogen (secondary N) is 1. The lowest BCUT2D eigenvalue weighted by Crippen LogP contribution is -2.45. The summed E-state index contributed by atoms with van der Waals surface area (Å²) in [5.41, 5.74) is 0.404. The molecule has 0 amide bonds. The molecule has 10 nitrogen and oxygen atoms in total. The van der Waals surface area contributed by atoms with Crippen LogP contribution in [0.25, 0.3) is 5.65 Å². The first-order valence-electron chi connectivity index (χ1n) is 8.75. The van der Waals surface area contributed by atoms with Gasteiger partial charge in [0.15, 0.2) is 5.82 Å². The number of aromatic nitrogens is 3. The van der Waals surface area contributed by atoms with Gasteiger partial charge in [0.25, 0.3) is 0 Å². The van der Waals surface area contributed by atoms with Crippen LogP contribution in [0.1, 0.15) is 12.8 Å². The Kier molecular flexibility index (Phi) is 4.69. The molecule has 0 spiro atoms. The number of imidazole rings is 1. The summed E-state index contributed by atoms with van der Waals surface area (Å²) >= 11 is 0. The Hall–Kier alpha value is -3.05. The van der Waals surface area contributed by atoms with E-state index in [4.69, 9.17) is 0 Å². The second-order valence-electron chi connectivity index (χ2n) is 6.53. The molecule has 28 heavy (non-hydrogen) atoms. The molecule has 0 atom stereocenters. The van der Waals surface area contributed by atoms with Crippen molar-refractivity contribution < 1.29 is 13.3 Å². The van der Waals surface area contributed by atoms with Gasteiger partial charge >= 0.3 is 5.82 Å². The van der Waals surface area contributed by atoms with E-state index in [9.17, 15) is 18.5 Å². The van der Waals surface area contributed by atoms with Gasteiger partial charge in [-0.15, -0.1) is 0 Å². The second kappa shape index (κ2) is 7.17. The largest absolute Gasteiger partial charge is 0.368 e. The zero-order valence-corrected chi connectivity index (χ0v) is 15.6. The van der Waals surface area contributed by atoms with Crippen LogP contribution in [0, 0.1) is 10.1 Å². The molecule has 0 aliphatic carbocycles. The van der Waals surface area contributed by atoms with Crippen molar-refractivity contribution in [3.05, 3.63) is 58.8 Å². The minimum Gasteiger partial charge on any atom is -0.358 e. The SMILES string of the molecule is O=[N+]([O-])c1cnc2ccc(N3CCC(NS(=O)(=O)c4ccccc4)CC3)nn12. The maximum atomic E-state index is 12.5. The van der Waals surface area contributed by atoms with Crippen LogP contribution in [-0.2, 0) is 10.0 Å². The van der Waals surface area contributed by atoms with Crippen LogP contribution in [0.15, 0.2) is 53.6 Å². The van der Waals surface area contributed by atoms with Gasteiger partial charge in [0.2, 0.25) is 15.7 Å². The maximum absolute atomic E-state index is 12.5. The summed E-state index contributed by atoms with van der Waals surface area (Å²) in [5, 5.41) is 15.4. The maximum Gasteiger partial charge on any atom is 0.368 e. The van der Waals surface area contributed by atoms with E-state index in [0.717, 1.165) is 0 Å². The van der Waals surface area contributed by atoms with E-state index in [1.165, 1.54) is 10.7 Å². The van der Waals surface area contributed by atoms with Crippen molar-refractivity contribution in [2.45, 2.75) is 23.8 Å². The summed E-state index contributed by atoms with van der Waals surface area (Å²) in [4.78, 5) is 16.8. The average Bonchev–Trinajstić information content (AvgIpc) is 3.12. The van der Waals surface area contributed by atoms with Gasteiger partial charge in [0, 0.05) is 25.2 Å². The lowest BCUT2D eigenvalue weighted by atomic mass is 10.1. The van der Waals surface area contributed by atoms with Crippen LogP contribution in [-0.4, -0.2) is 47.1 Å². The summed E-state index contributed by atoms with van der Waals surface area (Å²) in [7, 11) is -3.55. The Morgan fingerprint density at radius 1 is 1.11 bits per heavy atom.